The summed E-state index contributed by atoms with van der Waals surface area (Å²) in [7, 11) is -14.8. The van der Waals surface area contributed by atoms with Crippen molar-refractivity contribution in [3.63, 3.8) is 0 Å². The molecular formula is C80H106F6IN21O22S4. The summed E-state index contributed by atoms with van der Waals surface area (Å²) >= 11 is 2.25. The standard InChI is InChI=1S/C19H20F3N5O4S.C16H25N5O5S.C15H23N5O3.C13H8F3NO2.C12H18IN3O2.C3H6N2O.C2H6O5S2/c1-11-7-27-16(15(6-23-27)26-10-24(9-18(26)29)32(2,30)31)8-25(11)17(28)5-12-3-13(20)19(22)14(21)4-12;1-11-7-21-13(8-19(11)15(23)26-16(2,3)4)12(6-17-21)20-10-18(9-14(20)22)27(5,24)25;1-10-7-20-12(8-18(10)14(22)23-15(2,3)4)11(5-17-20)19-9-16-6-13(19)21;14-10-6-8(7-11(15)12(10)16)17-13(18)19-9-4-2-1-3-5-9;1-8-6-16-10(9(13)5-14-16)7-15(8)11(17)18-12(2,3)4;6-3-1-4-2-5-3;1-8(3,4)7-9(2,5)6/h3-4,6,11H,5,7-10H2,1-2H3;6,11H,7-10H2,1-5H3;5,10,16H,6-9H2,1-4H3;1-7H,(H,17,18);5,8H,6-7H2,1-4H3;4H,1-2H2,(H,5,6);1-2H3/t2*11-;10-;;8-;;/m000.0../s1. The first-order chi connectivity index (χ1) is 62.0. The number of carbonyl (C=O) groups is 9. The van der Waals surface area contributed by atoms with Crippen LogP contribution in [0.4, 0.5) is 68.3 Å². The maximum absolute atomic E-state index is 13.5. The number of ether oxygens (including phenoxy) is 4. The van der Waals surface area contributed by atoms with Gasteiger partial charge in [0.15, 0.2) is 34.9 Å². The van der Waals surface area contributed by atoms with Crippen LogP contribution in [0.1, 0.15) is 118 Å². The Kier molecular flexibility index (Phi) is 34.4. The first-order valence-corrected chi connectivity index (χ1v) is 49.5. The Morgan fingerprint density at radius 1 is 0.478 bits per heavy atom. The van der Waals surface area contributed by atoms with Crippen LogP contribution in [0, 0.1) is 38.5 Å². The fraction of sp³-hybridized carbons (Fsp3) is 0.512. The molecule has 43 nitrogen and oxygen atoms in total. The molecule has 54 heteroatoms. The average Bonchev–Trinajstić information content (AvgIpc) is 1.52. The number of benzene rings is 3. The fourth-order valence-corrected chi connectivity index (χ4v) is 17.5. The van der Waals surface area contributed by atoms with Gasteiger partial charge in [0, 0.05) is 18.2 Å². The van der Waals surface area contributed by atoms with Crippen LogP contribution in [0.3, 0.4) is 0 Å². The zero-order valence-corrected chi connectivity index (χ0v) is 81.6. The lowest BCUT2D eigenvalue weighted by molar-refractivity contribution is -0.134. The molecule has 9 amide bonds. The van der Waals surface area contributed by atoms with Crippen molar-refractivity contribution < 1.29 is 126 Å². The molecule has 0 aliphatic carbocycles. The lowest BCUT2D eigenvalue weighted by Gasteiger charge is -2.36. The van der Waals surface area contributed by atoms with E-state index in [0.717, 1.165) is 60.4 Å². The summed E-state index contributed by atoms with van der Waals surface area (Å²) in [5, 5.41) is 27.8. The van der Waals surface area contributed by atoms with Crippen molar-refractivity contribution in [1.82, 2.24) is 83.3 Å². The maximum Gasteiger partial charge on any atom is 0.417 e. The molecule has 3 aromatic carbocycles. The third-order valence-corrected chi connectivity index (χ3v) is 25.3. The molecule has 0 radical (unpaired) electrons. The Morgan fingerprint density at radius 2 is 0.843 bits per heavy atom. The summed E-state index contributed by atoms with van der Waals surface area (Å²) < 4.78 is 201. The minimum absolute atomic E-state index is 0.00332. The summed E-state index contributed by atoms with van der Waals surface area (Å²) in [6.45, 7) is 28.8. The Bertz CT molecular complexity index is 5950. The molecule has 0 unspecified atom stereocenters. The summed E-state index contributed by atoms with van der Waals surface area (Å²) in [5.74, 6) is -9.52. The topological polar surface area (TPSA) is 485 Å². The number of halogens is 7. The van der Waals surface area contributed by atoms with Crippen LogP contribution in [0.2, 0.25) is 0 Å². The van der Waals surface area contributed by atoms with Crippen LogP contribution < -0.4 is 40.7 Å². The predicted molar refractivity (Wildman–Crippen MR) is 478 cm³/mol. The predicted octanol–water partition coefficient (Wildman–Crippen LogP) is 6.27. The molecule has 8 aliphatic rings. The van der Waals surface area contributed by atoms with Gasteiger partial charge in [0.2, 0.25) is 49.6 Å². The lowest BCUT2D eigenvalue weighted by atomic mass is 10.1. The number of nitrogens with one attached hydrogen (secondary N) is 4. The lowest BCUT2D eigenvalue weighted by Crippen LogP contribution is -2.47. The number of amides is 9. The molecule has 4 saturated heterocycles. The van der Waals surface area contributed by atoms with Gasteiger partial charge in [-0.2, -0.15) is 45.8 Å². The summed E-state index contributed by atoms with van der Waals surface area (Å²) in [6, 6.07) is 10.6. The van der Waals surface area contributed by atoms with Crippen LogP contribution in [0.25, 0.3) is 0 Å². The molecule has 0 bridgehead atoms. The van der Waals surface area contributed by atoms with Crippen molar-refractivity contribution in [3.05, 3.63) is 146 Å². The highest BCUT2D eigenvalue weighted by Gasteiger charge is 2.43. The molecule has 12 heterocycles. The van der Waals surface area contributed by atoms with Gasteiger partial charge in [-0.15, -0.1) is 3.63 Å². The van der Waals surface area contributed by atoms with E-state index in [0.29, 0.717) is 107 Å². The molecule has 8 aliphatic heterocycles. The van der Waals surface area contributed by atoms with Crippen LogP contribution in [-0.4, -0.2) is 274 Å². The van der Waals surface area contributed by atoms with Gasteiger partial charge < -0.3 is 29.2 Å². The van der Waals surface area contributed by atoms with Crippen LogP contribution >= 0.6 is 22.6 Å². The molecule has 0 saturated carbocycles. The van der Waals surface area contributed by atoms with E-state index in [2.05, 4.69) is 67.9 Å². The molecule has 134 heavy (non-hydrogen) atoms. The van der Waals surface area contributed by atoms with Gasteiger partial charge >= 0.3 is 24.4 Å². The Morgan fingerprint density at radius 3 is 1.18 bits per heavy atom. The van der Waals surface area contributed by atoms with Gasteiger partial charge in [0.25, 0.3) is 20.2 Å². The molecule has 15 rings (SSSR count). The highest BCUT2D eigenvalue weighted by molar-refractivity contribution is 14.1. The van der Waals surface area contributed by atoms with Crippen molar-refractivity contribution in [2.45, 2.75) is 190 Å². The number of para-hydroxylation sites is 1. The molecule has 0 spiro atoms. The van der Waals surface area contributed by atoms with E-state index >= 15 is 0 Å². The number of nitrogens with zero attached hydrogens (tertiary/aromatic N) is 17. The van der Waals surface area contributed by atoms with E-state index in [-0.39, 0.29) is 117 Å². The smallest absolute Gasteiger partial charge is 0.417 e. The van der Waals surface area contributed by atoms with E-state index in [9.17, 15) is 103 Å². The number of rotatable bonds is 11. The molecular weight excluding hydrogens is 1980 g/mol. The third kappa shape index (κ3) is 29.4. The largest absolute Gasteiger partial charge is 0.444 e. The van der Waals surface area contributed by atoms with Crippen molar-refractivity contribution in [2.24, 2.45) is 0 Å². The molecule has 4 aromatic heterocycles. The summed E-state index contributed by atoms with van der Waals surface area (Å²) in [5.41, 5.74) is 3.00. The number of hydrogen-bond acceptors (Lipinski definition) is 28. The minimum atomic E-state index is -3.87. The zero-order valence-electron chi connectivity index (χ0n) is 76.2. The number of fused-ring (bicyclic) bond motifs is 4. The highest BCUT2D eigenvalue weighted by atomic mass is 127. The first kappa shape index (κ1) is 107. The average molecular weight is 2080 g/mol. The Hall–Kier alpha value is -11.2. The first-order valence-electron chi connectivity index (χ1n) is 41.1. The number of hydrogen-bond donors (Lipinski definition) is 4. The monoisotopic (exact) mass is 2080 g/mol. The van der Waals surface area contributed by atoms with Crippen LogP contribution in [0.5, 0.6) is 5.75 Å². The quantitative estimate of drug-likeness (QED) is 0.0479. The van der Waals surface area contributed by atoms with E-state index in [4.69, 9.17) is 18.9 Å². The van der Waals surface area contributed by atoms with Gasteiger partial charge in [-0.3, -0.25) is 88.0 Å². The fourth-order valence-electron chi connectivity index (χ4n) is 13.8. The number of sulfonamides is 2. The highest BCUT2D eigenvalue weighted by Crippen LogP contribution is 2.35. The third-order valence-electron chi connectivity index (χ3n) is 20.0. The summed E-state index contributed by atoms with van der Waals surface area (Å²) in [4.78, 5) is 119. The van der Waals surface area contributed by atoms with Gasteiger partial charge in [-0.05, 0) is 142 Å². The SMILES string of the molecule is CS(=O)(=O)OS(C)(=O)=O.C[C@H]1Cn2ncc(I)c2CN1C(=O)OC(C)(C)C.C[C@H]1Cn2ncc(N3CN(S(C)(=O)=O)CC3=O)c2CN1C(=O)Cc1cc(F)c(F)c(F)c1.C[C@H]1Cn2ncc(N3CN(S(C)(=O)=O)CC3=O)c2CN1C(=O)OC(C)(C)C.C[C@H]1Cn2ncc(N3CNCC3=O)c2CN1C(=O)OC(C)(C)C.O=C(Nc1cc(F)c(F)c(F)c1)Oc1ccccc1.O=C1CNCN1. The molecule has 4 N–H and O–H groups in total. The Labute approximate surface area is 783 Å². The van der Waals surface area contributed by atoms with Crippen molar-refractivity contribution >= 4 is 140 Å². The summed E-state index contributed by atoms with van der Waals surface area (Å²) in [6.07, 6.45) is 7.64. The molecule has 4 fully saturated rings. The molecule has 736 valence electrons. The number of carbonyl (C=O) groups excluding carboxylic acids is 9. The van der Waals surface area contributed by atoms with E-state index < -0.39 is 116 Å². The van der Waals surface area contributed by atoms with Crippen LogP contribution in [0.15, 0.2) is 79.4 Å². The maximum atomic E-state index is 13.5. The van der Waals surface area contributed by atoms with Gasteiger partial charge in [-0.1, -0.05) is 18.2 Å². The second-order valence-corrected chi connectivity index (χ2v) is 43.2. The second kappa shape index (κ2) is 43.2. The van der Waals surface area contributed by atoms with Gasteiger partial charge in [0.05, 0.1) is 229 Å². The van der Waals surface area contributed by atoms with Gasteiger partial charge in [0.1, 0.15) is 22.6 Å². The molecule has 4 atom stereocenters. The second-order valence-electron chi connectivity index (χ2n) is 34.7. The van der Waals surface area contributed by atoms with Crippen molar-refractivity contribution in [1.29, 1.82) is 0 Å². The number of anilines is 4. The van der Waals surface area contributed by atoms with E-state index in [1.54, 1.807) is 87.3 Å². The van der Waals surface area contributed by atoms with E-state index in [1.807, 2.05) is 77.9 Å². The van der Waals surface area contributed by atoms with Crippen molar-refractivity contribution in [2.75, 3.05) is 97.9 Å². The Balaban J connectivity index is 0.000000183. The van der Waals surface area contributed by atoms with E-state index in [1.165, 1.54) is 33.0 Å². The van der Waals surface area contributed by atoms with Crippen LogP contribution in [-0.2, 0) is 141 Å². The molecule has 7 aromatic rings. The minimum Gasteiger partial charge on any atom is -0.444 e. The van der Waals surface area contributed by atoms with Crippen molar-refractivity contribution in [3.8, 4) is 5.75 Å². The number of aromatic nitrogens is 8. The van der Waals surface area contributed by atoms with Gasteiger partial charge in [-0.25, -0.2) is 62.4 Å². The normalized spacial score (nSPS) is 18.6. The zero-order chi connectivity index (χ0) is 99.7.